The fourth-order valence-electron chi connectivity index (χ4n) is 2.68. The number of sulfone groups is 1. The minimum Gasteiger partial charge on any atom is -0.341 e. The van der Waals surface area contributed by atoms with E-state index in [0.717, 1.165) is 11.3 Å². The summed E-state index contributed by atoms with van der Waals surface area (Å²) in [6.07, 6.45) is 3.51. The highest BCUT2D eigenvalue weighted by atomic mass is 32.2. The molecule has 1 amide bonds. The fourth-order valence-corrected chi connectivity index (χ4v) is 3.93. The summed E-state index contributed by atoms with van der Waals surface area (Å²) in [6, 6.07) is 17.9. The van der Waals surface area contributed by atoms with E-state index in [1.54, 1.807) is 48.3 Å². The van der Waals surface area contributed by atoms with Gasteiger partial charge in [-0.1, -0.05) is 36.4 Å². The highest BCUT2D eigenvalue weighted by Crippen LogP contribution is 2.13. The zero-order valence-electron chi connectivity index (χ0n) is 15.0. The predicted molar refractivity (Wildman–Crippen MR) is 103 cm³/mol. The van der Waals surface area contributed by atoms with Crippen molar-refractivity contribution in [2.24, 2.45) is 0 Å². The first-order valence-corrected chi connectivity index (χ1v) is 10.2. The average Bonchev–Trinajstić information content (AvgIpc) is 3.16. The SMILES string of the molecule is CN(Cc1cnn(-c2ccccc2)c1)C(=O)CCS(=O)(=O)c1ccccc1. The molecule has 6 nitrogen and oxygen atoms in total. The molecule has 0 fully saturated rings. The summed E-state index contributed by atoms with van der Waals surface area (Å²) in [5.74, 6) is -0.425. The average molecular weight is 383 g/mol. The molecule has 0 radical (unpaired) electrons. The molecule has 0 spiro atoms. The van der Waals surface area contributed by atoms with Crippen LogP contribution >= 0.6 is 0 Å². The van der Waals surface area contributed by atoms with Crippen molar-refractivity contribution in [3.8, 4) is 5.69 Å². The van der Waals surface area contributed by atoms with Crippen molar-refractivity contribution in [3.63, 3.8) is 0 Å². The number of hydrogen-bond acceptors (Lipinski definition) is 4. The Labute approximate surface area is 159 Å². The highest BCUT2D eigenvalue weighted by Gasteiger charge is 2.18. The van der Waals surface area contributed by atoms with Crippen molar-refractivity contribution >= 4 is 15.7 Å². The van der Waals surface area contributed by atoms with Crippen LogP contribution in [0.4, 0.5) is 0 Å². The Bertz CT molecular complexity index is 999. The van der Waals surface area contributed by atoms with E-state index in [1.807, 2.05) is 36.5 Å². The van der Waals surface area contributed by atoms with Gasteiger partial charge in [0.1, 0.15) is 0 Å². The van der Waals surface area contributed by atoms with Crippen LogP contribution < -0.4 is 0 Å². The molecule has 3 rings (SSSR count). The molecule has 0 unspecified atom stereocenters. The number of para-hydroxylation sites is 1. The summed E-state index contributed by atoms with van der Waals surface area (Å²) < 4.78 is 26.3. The molecule has 0 atom stereocenters. The minimum absolute atomic E-state index is 0.0550. The molecule has 0 N–H and O–H groups in total. The summed E-state index contributed by atoms with van der Waals surface area (Å²) in [6.45, 7) is 0.372. The lowest BCUT2D eigenvalue weighted by molar-refractivity contribution is -0.130. The molecule has 1 aromatic heterocycles. The lowest BCUT2D eigenvalue weighted by Gasteiger charge is -2.16. The van der Waals surface area contributed by atoms with E-state index in [1.165, 1.54) is 4.90 Å². The minimum atomic E-state index is -3.46. The van der Waals surface area contributed by atoms with Crippen LogP contribution in [0.3, 0.4) is 0 Å². The topological polar surface area (TPSA) is 72.3 Å². The Morgan fingerprint density at radius 1 is 1.04 bits per heavy atom. The quantitative estimate of drug-likeness (QED) is 0.629. The van der Waals surface area contributed by atoms with Gasteiger partial charge in [-0.05, 0) is 24.3 Å². The van der Waals surface area contributed by atoms with Crippen LogP contribution in [0.15, 0.2) is 78.0 Å². The van der Waals surface area contributed by atoms with Crippen molar-refractivity contribution in [2.45, 2.75) is 17.9 Å². The molecular weight excluding hydrogens is 362 g/mol. The number of rotatable bonds is 7. The third-order valence-electron chi connectivity index (χ3n) is 4.19. The van der Waals surface area contributed by atoms with E-state index in [0.29, 0.717) is 6.54 Å². The normalized spacial score (nSPS) is 11.3. The second kappa shape index (κ2) is 8.18. The molecule has 0 aliphatic heterocycles. The Morgan fingerprint density at radius 3 is 2.33 bits per heavy atom. The first-order chi connectivity index (χ1) is 13.0. The van der Waals surface area contributed by atoms with Crippen molar-refractivity contribution in [1.82, 2.24) is 14.7 Å². The second-order valence-electron chi connectivity index (χ2n) is 6.26. The van der Waals surface area contributed by atoms with Crippen LogP contribution in [-0.2, 0) is 21.2 Å². The first-order valence-electron chi connectivity index (χ1n) is 8.56. The van der Waals surface area contributed by atoms with Gasteiger partial charge in [0.25, 0.3) is 0 Å². The van der Waals surface area contributed by atoms with Gasteiger partial charge in [0, 0.05) is 31.8 Å². The van der Waals surface area contributed by atoms with Crippen LogP contribution in [0.5, 0.6) is 0 Å². The molecule has 140 valence electrons. The molecular formula is C20H21N3O3S. The molecule has 27 heavy (non-hydrogen) atoms. The zero-order chi connectivity index (χ0) is 19.3. The standard InChI is InChI=1S/C20H21N3O3S/c1-22(15-17-14-21-23(16-17)18-8-4-2-5-9-18)20(24)12-13-27(25,26)19-10-6-3-7-11-19/h2-11,14,16H,12-13,15H2,1H3. The van der Waals surface area contributed by atoms with Crippen LogP contribution in [-0.4, -0.2) is 41.8 Å². The molecule has 1 heterocycles. The van der Waals surface area contributed by atoms with Gasteiger partial charge in [0.15, 0.2) is 9.84 Å². The lowest BCUT2D eigenvalue weighted by atomic mass is 10.3. The number of amides is 1. The molecule has 2 aromatic carbocycles. The van der Waals surface area contributed by atoms with Gasteiger partial charge in [0.2, 0.25) is 5.91 Å². The summed E-state index contributed by atoms with van der Waals surface area (Å²) in [7, 11) is -1.79. The maximum Gasteiger partial charge on any atom is 0.223 e. The van der Waals surface area contributed by atoms with Crippen molar-refractivity contribution in [3.05, 3.63) is 78.6 Å². The van der Waals surface area contributed by atoms with E-state index < -0.39 is 9.84 Å². The van der Waals surface area contributed by atoms with Gasteiger partial charge >= 0.3 is 0 Å². The first kappa shape index (κ1) is 18.8. The smallest absolute Gasteiger partial charge is 0.223 e. The Balaban J connectivity index is 1.58. The monoisotopic (exact) mass is 383 g/mol. The molecule has 7 heteroatoms. The van der Waals surface area contributed by atoms with Crippen molar-refractivity contribution in [2.75, 3.05) is 12.8 Å². The third kappa shape index (κ3) is 4.83. The number of benzene rings is 2. The van der Waals surface area contributed by atoms with Crippen molar-refractivity contribution < 1.29 is 13.2 Å². The molecule has 0 bridgehead atoms. The molecule has 0 aliphatic carbocycles. The van der Waals surface area contributed by atoms with Crippen molar-refractivity contribution in [1.29, 1.82) is 0 Å². The molecule has 3 aromatic rings. The largest absolute Gasteiger partial charge is 0.341 e. The summed E-state index contributed by atoms with van der Waals surface area (Å²) >= 11 is 0. The second-order valence-corrected chi connectivity index (χ2v) is 8.37. The number of hydrogen-bond donors (Lipinski definition) is 0. The highest BCUT2D eigenvalue weighted by molar-refractivity contribution is 7.91. The van der Waals surface area contributed by atoms with Gasteiger partial charge < -0.3 is 4.90 Å². The maximum absolute atomic E-state index is 12.3. The Kier molecular flexibility index (Phi) is 5.71. The number of carbonyl (C=O) groups is 1. The van der Waals surface area contributed by atoms with Crippen LogP contribution in [0, 0.1) is 0 Å². The Hall–Kier alpha value is -2.93. The molecule has 0 saturated carbocycles. The number of carbonyl (C=O) groups excluding carboxylic acids is 1. The number of nitrogens with zero attached hydrogens (tertiary/aromatic N) is 3. The van der Waals surface area contributed by atoms with Gasteiger partial charge in [-0.3, -0.25) is 4.79 Å². The lowest BCUT2D eigenvalue weighted by Crippen LogP contribution is -2.27. The molecule has 0 saturated heterocycles. The van der Waals surface area contributed by atoms with Crippen LogP contribution in [0.2, 0.25) is 0 Å². The fraction of sp³-hybridized carbons (Fsp3) is 0.200. The van der Waals surface area contributed by atoms with E-state index >= 15 is 0 Å². The third-order valence-corrected chi connectivity index (χ3v) is 5.92. The van der Waals surface area contributed by atoms with Gasteiger partial charge in [0.05, 0.1) is 22.5 Å². The Morgan fingerprint density at radius 2 is 1.67 bits per heavy atom. The predicted octanol–water partition coefficient (Wildman–Crippen LogP) is 2.69. The van der Waals surface area contributed by atoms with E-state index in [-0.39, 0.29) is 23.0 Å². The summed E-state index contributed by atoms with van der Waals surface area (Å²) in [5.41, 5.74) is 1.81. The summed E-state index contributed by atoms with van der Waals surface area (Å²) in [4.78, 5) is 14.1. The van der Waals surface area contributed by atoms with E-state index in [2.05, 4.69) is 5.10 Å². The number of aromatic nitrogens is 2. The van der Waals surface area contributed by atoms with E-state index in [9.17, 15) is 13.2 Å². The van der Waals surface area contributed by atoms with Gasteiger partial charge in [-0.2, -0.15) is 5.10 Å². The van der Waals surface area contributed by atoms with Crippen LogP contribution in [0.25, 0.3) is 5.69 Å². The molecule has 0 aliphatic rings. The zero-order valence-corrected chi connectivity index (χ0v) is 15.8. The van der Waals surface area contributed by atoms with Gasteiger partial charge in [-0.25, -0.2) is 13.1 Å². The summed E-state index contributed by atoms with van der Waals surface area (Å²) in [5, 5.41) is 4.31. The maximum atomic E-state index is 12.3. The van der Waals surface area contributed by atoms with Gasteiger partial charge in [-0.15, -0.1) is 0 Å². The van der Waals surface area contributed by atoms with E-state index in [4.69, 9.17) is 0 Å². The van der Waals surface area contributed by atoms with Crippen LogP contribution in [0.1, 0.15) is 12.0 Å².